The molecule has 150 valence electrons. The highest BCUT2D eigenvalue weighted by atomic mass is 16.1. The minimum absolute atomic E-state index is 0.347. The molecule has 5 heteroatoms. The number of aromatic nitrogens is 2. The SMILES string of the molecule is CCC(=O)CCCCCCc1ncc(/C(C=O)=C/c2ccccc2N(C)C)[nH]1. The van der Waals surface area contributed by atoms with Gasteiger partial charge in [-0.15, -0.1) is 0 Å². The Hall–Kier alpha value is -2.69. The van der Waals surface area contributed by atoms with Crippen LogP contribution in [-0.2, 0) is 16.0 Å². The van der Waals surface area contributed by atoms with E-state index in [9.17, 15) is 9.59 Å². The molecule has 0 aliphatic heterocycles. The standard InChI is InChI=1S/C23H31N3O2/c1-4-20(28)12-7-5-6-8-14-23-24-16-21(25-23)19(17-27)15-18-11-9-10-13-22(18)26(2)3/h9-11,13,15-17H,4-8,12,14H2,1-3H3,(H,24,25)/b19-15+. The van der Waals surface area contributed by atoms with E-state index in [0.717, 1.165) is 61.2 Å². The number of aromatic amines is 1. The first-order chi connectivity index (χ1) is 13.5. The fourth-order valence-electron chi connectivity index (χ4n) is 3.14. The lowest BCUT2D eigenvalue weighted by atomic mass is 10.1. The number of anilines is 1. The van der Waals surface area contributed by atoms with Crippen molar-refractivity contribution < 1.29 is 9.59 Å². The van der Waals surface area contributed by atoms with Gasteiger partial charge in [0, 0.05) is 44.6 Å². The Morgan fingerprint density at radius 1 is 1.14 bits per heavy atom. The van der Waals surface area contributed by atoms with E-state index in [-0.39, 0.29) is 0 Å². The average molecular weight is 382 g/mol. The molecule has 0 saturated carbocycles. The van der Waals surface area contributed by atoms with Gasteiger partial charge in [0.05, 0.1) is 11.9 Å². The number of imidazole rings is 1. The van der Waals surface area contributed by atoms with Gasteiger partial charge in [0.25, 0.3) is 0 Å². The maximum absolute atomic E-state index is 11.7. The minimum atomic E-state index is 0.347. The van der Waals surface area contributed by atoms with Crippen molar-refractivity contribution in [2.45, 2.75) is 51.9 Å². The van der Waals surface area contributed by atoms with Crippen molar-refractivity contribution >= 4 is 29.4 Å². The van der Waals surface area contributed by atoms with Crippen molar-refractivity contribution in [3.05, 3.63) is 47.5 Å². The number of rotatable bonds is 12. The second-order valence-corrected chi connectivity index (χ2v) is 7.22. The molecule has 2 rings (SSSR count). The van der Waals surface area contributed by atoms with Crippen LogP contribution >= 0.6 is 0 Å². The summed E-state index contributed by atoms with van der Waals surface area (Å²) in [6, 6.07) is 7.98. The molecule has 0 radical (unpaired) electrons. The maximum Gasteiger partial charge on any atom is 0.152 e. The molecule has 0 spiro atoms. The summed E-state index contributed by atoms with van der Waals surface area (Å²) in [7, 11) is 3.97. The molecule has 0 aliphatic carbocycles. The Kier molecular flexibility index (Phi) is 8.66. The number of allylic oxidation sites excluding steroid dienone is 1. The second kappa shape index (κ2) is 11.2. The number of carbonyl (C=O) groups is 2. The number of hydrogen-bond donors (Lipinski definition) is 1. The van der Waals surface area contributed by atoms with Crippen molar-refractivity contribution in [3.63, 3.8) is 0 Å². The number of Topliss-reactive ketones (excluding diaryl/α,β-unsaturated/α-hetero) is 1. The molecule has 1 heterocycles. The summed E-state index contributed by atoms with van der Waals surface area (Å²) in [5.41, 5.74) is 3.38. The van der Waals surface area contributed by atoms with Crippen LogP contribution in [0.2, 0.25) is 0 Å². The van der Waals surface area contributed by atoms with Gasteiger partial charge in [-0.25, -0.2) is 4.98 Å². The number of nitrogens with one attached hydrogen (secondary N) is 1. The highest BCUT2D eigenvalue weighted by Gasteiger charge is 2.08. The number of para-hydroxylation sites is 1. The quantitative estimate of drug-likeness (QED) is 0.329. The van der Waals surface area contributed by atoms with E-state index in [1.54, 1.807) is 6.20 Å². The van der Waals surface area contributed by atoms with Crippen LogP contribution in [0.25, 0.3) is 11.6 Å². The molecule has 1 N–H and O–H groups in total. The van der Waals surface area contributed by atoms with Gasteiger partial charge in [0.1, 0.15) is 11.6 Å². The highest BCUT2D eigenvalue weighted by Crippen LogP contribution is 2.23. The van der Waals surface area contributed by atoms with Crippen molar-refractivity contribution in [1.82, 2.24) is 9.97 Å². The van der Waals surface area contributed by atoms with Gasteiger partial charge in [-0.05, 0) is 30.5 Å². The molecule has 1 aromatic carbocycles. The molecule has 28 heavy (non-hydrogen) atoms. The fraction of sp³-hybridized carbons (Fsp3) is 0.435. The largest absolute Gasteiger partial charge is 0.377 e. The summed E-state index contributed by atoms with van der Waals surface area (Å²) in [5, 5.41) is 0. The normalized spacial score (nSPS) is 11.5. The highest BCUT2D eigenvalue weighted by molar-refractivity contribution is 6.13. The lowest BCUT2D eigenvalue weighted by Gasteiger charge is -2.15. The predicted octanol–water partition coefficient (Wildman–Crippen LogP) is 4.69. The number of H-pyrrole nitrogens is 1. The van der Waals surface area contributed by atoms with Crippen molar-refractivity contribution in [1.29, 1.82) is 0 Å². The van der Waals surface area contributed by atoms with Gasteiger partial charge >= 0.3 is 0 Å². The topological polar surface area (TPSA) is 66.1 Å². The van der Waals surface area contributed by atoms with Crippen LogP contribution in [0.5, 0.6) is 0 Å². The van der Waals surface area contributed by atoms with Crippen LogP contribution in [0.1, 0.15) is 62.5 Å². The predicted molar refractivity (Wildman–Crippen MR) is 115 cm³/mol. The van der Waals surface area contributed by atoms with Gasteiger partial charge in [0.15, 0.2) is 6.29 Å². The van der Waals surface area contributed by atoms with Gasteiger partial charge in [-0.1, -0.05) is 38.0 Å². The third-order valence-corrected chi connectivity index (χ3v) is 4.81. The monoisotopic (exact) mass is 381 g/mol. The van der Waals surface area contributed by atoms with E-state index in [1.165, 1.54) is 0 Å². The first kappa shape index (κ1) is 21.6. The van der Waals surface area contributed by atoms with Gasteiger partial charge < -0.3 is 9.88 Å². The zero-order valence-corrected chi connectivity index (χ0v) is 17.2. The lowest BCUT2D eigenvalue weighted by Crippen LogP contribution is -2.09. The summed E-state index contributed by atoms with van der Waals surface area (Å²) in [6.07, 6.45) is 10.8. The summed E-state index contributed by atoms with van der Waals surface area (Å²) in [6.45, 7) is 1.91. The van der Waals surface area contributed by atoms with E-state index in [4.69, 9.17) is 0 Å². The smallest absolute Gasteiger partial charge is 0.152 e. The number of aryl methyl sites for hydroxylation is 1. The Morgan fingerprint density at radius 2 is 1.89 bits per heavy atom. The average Bonchev–Trinajstić information content (AvgIpc) is 3.17. The second-order valence-electron chi connectivity index (χ2n) is 7.22. The van der Waals surface area contributed by atoms with Crippen LogP contribution in [0, 0.1) is 0 Å². The van der Waals surface area contributed by atoms with E-state index in [0.29, 0.717) is 24.2 Å². The lowest BCUT2D eigenvalue weighted by molar-refractivity contribution is -0.118. The van der Waals surface area contributed by atoms with E-state index >= 15 is 0 Å². The Morgan fingerprint density at radius 3 is 2.61 bits per heavy atom. The Labute approximate surface area is 167 Å². The van der Waals surface area contributed by atoms with E-state index < -0.39 is 0 Å². The van der Waals surface area contributed by atoms with Crippen LogP contribution in [0.3, 0.4) is 0 Å². The molecular weight excluding hydrogens is 350 g/mol. The number of hydrogen-bond acceptors (Lipinski definition) is 4. The molecule has 2 aromatic rings. The number of unbranched alkanes of at least 4 members (excludes halogenated alkanes) is 3. The van der Waals surface area contributed by atoms with Crippen LogP contribution in [-0.4, -0.2) is 36.1 Å². The molecular formula is C23H31N3O2. The molecule has 0 atom stereocenters. The summed E-state index contributed by atoms with van der Waals surface area (Å²) in [4.78, 5) is 32.7. The van der Waals surface area contributed by atoms with Gasteiger partial charge in [0.2, 0.25) is 0 Å². The third kappa shape index (κ3) is 6.48. The summed E-state index contributed by atoms with van der Waals surface area (Å²) in [5.74, 6) is 1.24. The first-order valence-corrected chi connectivity index (χ1v) is 10.0. The molecule has 0 bridgehead atoms. The zero-order valence-electron chi connectivity index (χ0n) is 17.2. The molecule has 0 fully saturated rings. The number of aldehydes is 1. The Bertz CT molecular complexity index is 806. The summed E-state index contributed by atoms with van der Waals surface area (Å²) >= 11 is 0. The Balaban J connectivity index is 1.94. The number of carbonyl (C=O) groups excluding carboxylic acids is 2. The molecule has 0 saturated heterocycles. The van der Waals surface area contributed by atoms with E-state index in [1.807, 2.05) is 56.3 Å². The van der Waals surface area contributed by atoms with Crippen molar-refractivity contribution in [2.75, 3.05) is 19.0 Å². The van der Waals surface area contributed by atoms with Crippen molar-refractivity contribution in [3.8, 4) is 0 Å². The van der Waals surface area contributed by atoms with Crippen LogP contribution in [0.15, 0.2) is 30.5 Å². The number of ketones is 1. The van der Waals surface area contributed by atoms with Gasteiger partial charge in [-0.2, -0.15) is 0 Å². The van der Waals surface area contributed by atoms with Crippen molar-refractivity contribution in [2.24, 2.45) is 0 Å². The zero-order chi connectivity index (χ0) is 20.4. The number of nitrogens with zero attached hydrogens (tertiary/aromatic N) is 2. The molecule has 1 aromatic heterocycles. The molecule has 5 nitrogen and oxygen atoms in total. The van der Waals surface area contributed by atoms with Crippen LogP contribution < -0.4 is 4.90 Å². The minimum Gasteiger partial charge on any atom is -0.377 e. The van der Waals surface area contributed by atoms with E-state index in [2.05, 4.69) is 9.97 Å². The first-order valence-electron chi connectivity index (χ1n) is 10.0. The summed E-state index contributed by atoms with van der Waals surface area (Å²) < 4.78 is 0. The molecule has 0 unspecified atom stereocenters. The number of benzene rings is 1. The maximum atomic E-state index is 11.7. The van der Waals surface area contributed by atoms with Crippen LogP contribution in [0.4, 0.5) is 5.69 Å². The van der Waals surface area contributed by atoms with Gasteiger partial charge in [-0.3, -0.25) is 9.59 Å². The fourth-order valence-corrected chi connectivity index (χ4v) is 3.14. The molecule has 0 amide bonds. The molecule has 0 aliphatic rings. The third-order valence-electron chi connectivity index (χ3n) is 4.81.